The van der Waals surface area contributed by atoms with Gasteiger partial charge in [-0.05, 0) is 38.1 Å². The molecule has 1 aliphatic heterocycles. The number of halogens is 1. The summed E-state index contributed by atoms with van der Waals surface area (Å²) in [7, 11) is 3.45. The molecule has 0 bridgehead atoms. The van der Waals surface area contributed by atoms with Gasteiger partial charge in [-0.15, -0.1) is 0 Å². The molecule has 2 unspecified atom stereocenters. The summed E-state index contributed by atoms with van der Waals surface area (Å²) >= 11 is 0. The maximum Gasteiger partial charge on any atom is 0.123 e. The molecule has 94 valence electrons. The van der Waals surface area contributed by atoms with Crippen LogP contribution >= 0.6 is 0 Å². The molecular weight excluding hydrogens is 221 g/mol. The minimum atomic E-state index is -0.251. The van der Waals surface area contributed by atoms with Gasteiger partial charge in [0.25, 0.3) is 0 Å². The van der Waals surface area contributed by atoms with E-state index in [1.54, 1.807) is 13.2 Å². The van der Waals surface area contributed by atoms with Gasteiger partial charge >= 0.3 is 0 Å². The van der Waals surface area contributed by atoms with Crippen LogP contribution in [0.1, 0.15) is 24.4 Å². The zero-order chi connectivity index (χ0) is 12.3. The third kappa shape index (κ3) is 2.58. The lowest BCUT2D eigenvalue weighted by Gasteiger charge is -2.24. The number of hydrogen-bond donors (Lipinski definition) is 1. The summed E-state index contributed by atoms with van der Waals surface area (Å²) in [4.78, 5) is 0. The maximum atomic E-state index is 13.3. The average Bonchev–Trinajstić information content (AvgIpc) is 2.84. The van der Waals surface area contributed by atoms with Crippen molar-refractivity contribution in [3.05, 3.63) is 29.6 Å². The molecule has 0 amide bonds. The van der Waals surface area contributed by atoms with Gasteiger partial charge in [-0.2, -0.15) is 0 Å². The molecule has 2 atom stereocenters. The third-order valence-corrected chi connectivity index (χ3v) is 3.17. The fourth-order valence-electron chi connectivity index (χ4n) is 2.36. The van der Waals surface area contributed by atoms with Gasteiger partial charge in [0.1, 0.15) is 11.6 Å². The first-order valence-corrected chi connectivity index (χ1v) is 5.88. The van der Waals surface area contributed by atoms with Crippen molar-refractivity contribution in [1.82, 2.24) is 5.32 Å². The highest BCUT2D eigenvalue weighted by Crippen LogP contribution is 2.32. The SMILES string of the molecule is CNC(c1cc(F)ccc1OC)C1CCCO1. The van der Waals surface area contributed by atoms with E-state index >= 15 is 0 Å². The van der Waals surface area contributed by atoms with Crippen molar-refractivity contribution in [2.24, 2.45) is 0 Å². The fraction of sp³-hybridized carbons (Fsp3) is 0.538. The second-order valence-electron chi connectivity index (χ2n) is 4.20. The fourth-order valence-corrected chi connectivity index (χ4v) is 2.36. The van der Waals surface area contributed by atoms with E-state index in [4.69, 9.17) is 9.47 Å². The van der Waals surface area contributed by atoms with E-state index in [1.807, 2.05) is 7.05 Å². The van der Waals surface area contributed by atoms with Crippen molar-refractivity contribution in [2.45, 2.75) is 25.0 Å². The Morgan fingerprint density at radius 1 is 1.53 bits per heavy atom. The molecule has 0 radical (unpaired) electrons. The topological polar surface area (TPSA) is 30.5 Å². The van der Waals surface area contributed by atoms with Crippen molar-refractivity contribution < 1.29 is 13.9 Å². The van der Waals surface area contributed by atoms with Crippen molar-refractivity contribution in [2.75, 3.05) is 20.8 Å². The second kappa shape index (κ2) is 5.47. The molecule has 1 aromatic rings. The van der Waals surface area contributed by atoms with Crippen LogP contribution in [-0.2, 0) is 4.74 Å². The summed E-state index contributed by atoms with van der Waals surface area (Å²) in [5.74, 6) is 0.445. The zero-order valence-corrected chi connectivity index (χ0v) is 10.2. The third-order valence-electron chi connectivity index (χ3n) is 3.17. The Balaban J connectivity index is 2.31. The Morgan fingerprint density at radius 2 is 2.35 bits per heavy atom. The van der Waals surface area contributed by atoms with Crippen LogP contribution < -0.4 is 10.1 Å². The normalized spacial score (nSPS) is 21.5. The van der Waals surface area contributed by atoms with E-state index in [2.05, 4.69) is 5.32 Å². The maximum absolute atomic E-state index is 13.3. The number of nitrogens with one attached hydrogen (secondary N) is 1. The van der Waals surface area contributed by atoms with Crippen LogP contribution in [-0.4, -0.2) is 26.9 Å². The molecule has 0 aromatic heterocycles. The van der Waals surface area contributed by atoms with Crippen LogP contribution in [0.2, 0.25) is 0 Å². The van der Waals surface area contributed by atoms with E-state index in [1.165, 1.54) is 12.1 Å². The quantitative estimate of drug-likeness (QED) is 0.874. The highest BCUT2D eigenvalue weighted by molar-refractivity contribution is 5.37. The van der Waals surface area contributed by atoms with Gasteiger partial charge in [0.2, 0.25) is 0 Å². The van der Waals surface area contributed by atoms with Crippen LogP contribution in [0.5, 0.6) is 5.75 Å². The van der Waals surface area contributed by atoms with E-state index in [9.17, 15) is 4.39 Å². The molecule has 0 spiro atoms. The summed E-state index contributed by atoms with van der Waals surface area (Å²) in [6.07, 6.45) is 2.14. The van der Waals surface area contributed by atoms with Gasteiger partial charge in [-0.25, -0.2) is 4.39 Å². The standard InChI is InChI=1S/C13H18FNO2/c1-15-13(12-4-3-7-17-12)10-8-9(14)5-6-11(10)16-2/h5-6,8,12-13,15H,3-4,7H2,1-2H3. The van der Waals surface area contributed by atoms with Crippen molar-refractivity contribution in [3.8, 4) is 5.75 Å². The van der Waals surface area contributed by atoms with E-state index in [0.29, 0.717) is 5.75 Å². The number of hydrogen-bond acceptors (Lipinski definition) is 3. The van der Waals surface area contributed by atoms with Crippen molar-refractivity contribution in [1.29, 1.82) is 0 Å². The summed E-state index contributed by atoms with van der Waals surface area (Å²) in [6, 6.07) is 4.55. The molecule has 0 saturated carbocycles. The molecular formula is C13H18FNO2. The largest absolute Gasteiger partial charge is 0.496 e. The molecule has 0 aliphatic carbocycles. The first-order valence-electron chi connectivity index (χ1n) is 5.88. The number of ether oxygens (including phenoxy) is 2. The molecule has 2 rings (SSSR count). The van der Waals surface area contributed by atoms with E-state index < -0.39 is 0 Å². The predicted octanol–water partition coefficient (Wildman–Crippen LogP) is 2.27. The van der Waals surface area contributed by atoms with Gasteiger partial charge < -0.3 is 14.8 Å². The predicted molar refractivity (Wildman–Crippen MR) is 63.7 cm³/mol. The smallest absolute Gasteiger partial charge is 0.123 e. The summed E-state index contributed by atoms with van der Waals surface area (Å²) < 4.78 is 24.3. The Bertz CT molecular complexity index is 378. The Hall–Kier alpha value is -1.13. The minimum absolute atomic E-state index is 0.0249. The first kappa shape index (κ1) is 12.3. The first-order chi connectivity index (χ1) is 8.26. The highest BCUT2D eigenvalue weighted by Gasteiger charge is 2.28. The number of likely N-dealkylation sites (N-methyl/N-ethyl adjacent to an activating group) is 1. The van der Waals surface area contributed by atoms with Gasteiger partial charge in [0, 0.05) is 12.2 Å². The minimum Gasteiger partial charge on any atom is -0.496 e. The second-order valence-corrected chi connectivity index (χ2v) is 4.20. The van der Waals surface area contributed by atoms with Crippen molar-refractivity contribution in [3.63, 3.8) is 0 Å². The van der Waals surface area contributed by atoms with Crippen LogP contribution in [0.3, 0.4) is 0 Å². The van der Waals surface area contributed by atoms with E-state index in [-0.39, 0.29) is 18.0 Å². The Morgan fingerprint density at radius 3 is 2.94 bits per heavy atom. The van der Waals surface area contributed by atoms with Crippen molar-refractivity contribution >= 4 is 0 Å². The van der Waals surface area contributed by atoms with Crippen LogP contribution in [0.4, 0.5) is 4.39 Å². The lowest BCUT2D eigenvalue weighted by molar-refractivity contribution is 0.0798. The number of rotatable bonds is 4. The molecule has 1 heterocycles. The van der Waals surface area contributed by atoms with Crippen LogP contribution in [0, 0.1) is 5.82 Å². The highest BCUT2D eigenvalue weighted by atomic mass is 19.1. The summed E-state index contributed by atoms with van der Waals surface area (Å²) in [6.45, 7) is 0.778. The molecule has 1 aliphatic rings. The molecule has 17 heavy (non-hydrogen) atoms. The molecule has 1 fully saturated rings. The summed E-state index contributed by atoms with van der Waals surface area (Å²) in [5.41, 5.74) is 0.821. The number of methoxy groups -OCH3 is 1. The monoisotopic (exact) mass is 239 g/mol. The van der Waals surface area contributed by atoms with Gasteiger partial charge in [0.15, 0.2) is 0 Å². The van der Waals surface area contributed by atoms with Crippen LogP contribution in [0.15, 0.2) is 18.2 Å². The lowest BCUT2D eigenvalue weighted by atomic mass is 9.98. The molecule has 3 nitrogen and oxygen atoms in total. The van der Waals surface area contributed by atoms with Crippen LogP contribution in [0.25, 0.3) is 0 Å². The van der Waals surface area contributed by atoms with Gasteiger partial charge in [-0.3, -0.25) is 0 Å². The van der Waals surface area contributed by atoms with Gasteiger partial charge in [0.05, 0.1) is 19.3 Å². The lowest BCUT2D eigenvalue weighted by Crippen LogP contribution is -2.29. The average molecular weight is 239 g/mol. The molecule has 1 saturated heterocycles. The van der Waals surface area contributed by atoms with E-state index in [0.717, 1.165) is 25.0 Å². The summed E-state index contributed by atoms with van der Waals surface area (Å²) in [5, 5.41) is 3.19. The Kier molecular flexibility index (Phi) is 3.97. The Labute approximate surface area is 101 Å². The van der Waals surface area contributed by atoms with Gasteiger partial charge in [-0.1, -0.05) is 0 Å². The number of benzene rings is 1. The molecule has 1 N–H and O–H groups in total. The molecule has 1 aromatic carbocycles. The zero-order valence-electron chi connectivity index (χ0n) is 10.2. The molecule has 4 heteroatoms.